The van der Waals surface area contributed by atoms with Crippen molar-refractivity contribution < 1.29 is 8.42 Å². The van der Waals surface area contributed by atoms with Crippen LogP contribution in [0.25, 0.3) is 16.6 Å². The van der Waals surface area contributed by atoms with Gasteiger partial charge in [-0.25, -0.2) is 13.4 Å². The van der Waals surface area contributed by atoms with Crippen LogP contribution in [0.1, 0.15) is 32.1 Å². The van der Waals surface area contributed by atoms with E-state index < -0.39 is 9.84 Å². The van der Waals surface area contributed by atoms with E-state index in [1.807, 2.05) is 24.3 Å². The number of rotatable bonds is 4. The first-order chi connectivity index (χ1) is 16.6. The van der Waals surface area contributed by atoms with E-state index in [2.05, 4.69) is 20.1 Å². The molecule has 0 unspecified atom stereocenters. The molecular weight excluding hydrogens is 448 g/mol. The topological polar surface area (TPSA) is 83.7 Å². The molecule has 9 heteroatoms. The quantitative estimate of drug-likeness (QED) is 0.445. The molecule has 6 rings (SSSR count). The molecule has 2 aliphatic rings. The summed E-state index contributed by atoms with van der Waals surface area (Å²) in [6.07, 6.45) is 6.63. The Morgan fingerprint density at radius 1 is 0.824 bits per heavy atom. The van der Waals surface area contributed by atoms with E-state index in [0.29, 0.717) is 6.04 Å². The lowest BCUT2D eigenvalue weighted by Crippen LogP contribution is -2.51. The lowest BCUT2D eigenvalue weighted by molar-refractivity contribution is 0.148. The molecule has 0 atom stereocenters. The fourth-order valence-electron chi connectivity index (χ4n) is 5.40. The summed E-state index contributed by atoms with van der Waals surface area (Å²) in [6, 6.07) is 16.9. The van der Waals surface area contributed by atoms with E-state index in [1.165, 1.54) is 32.1 Å². The van der Waals surface area contributed by atoms with E-state index >= 15 is 0 Å². The first-order valence-corrected chi connectivity index (χ1v) is 13.5. The van der Waals surface area contributed by atoms with Crippen molar-refractivity contribution in [2.75, 3.05) is 31.1 Å². The average molecular weight is 477 g/mol. The lowest BCUT2D eigenvalue weighted by Gasteiger charge is -2.41. The van der Waals surface area contributed by atoms with Gasteiger partial charge in [0.1, 0.15) is 5.82 Å². The molecule has 2 aromatic heterocycles. The Kier molecular flexibility index (Phi) is 5.45. The summed E-state index contributed by atoms with van der Waals surface area (Å²) < 4.78 is 28.3. The number of piperazine rings is 1. The van der Waals surface area contributed by atoms with Crippen molar-refractivity contribution in [1.29, 1.82) is 0 Å². The first kappa shape index (κ1) is 21.5. The zero-order valence-electron chi connectivity index (χ0n) is 19.0. The molecular formula is C25H28N6O2S. The predicted molar refractivity (Wildman–Crippen MR) is 131 cm³/mol. The maximum absolute atomic E-state index is 13.4. The second-order valence-electron chi connectivity index (χ2n) is 9.21. The van der Waals surface area contributed by atoms with Crippen LogP contribution in [0.2, 0.25) is 0 Å². The minimum absolute atomic E-state index is 0.105. The molecule has 0 amide bonds. The number of fused-ring (bicyclic) bond motifs is 3. The number of sulfone groups is 1. The van der Waals surface area contributed by atoms with Gasteiger partial charge in [0, 0.05) is 37.6 Å². The van der Waals surface area contributed by atoms with Gasteiger partial charge in [0.05, 0.1) is 10.4 Å². The molecule has 176 valence electrons. The number of hydrogen-bond donors (Lipinski definition) is 0. The van der Waals surface area contributed by atoms with Crippen molar-refractivity contribution in [3.63, 3.8) is 0 Å². The fourth-order valence-corrected chi connectivity index (χ4v) is 6.65. The Balaban J connectivity index is 1.40. The van der Waals surface area contributed by atoms with Gasteiger partial charge in [0.15, 0.2) is 5.65 Å². The van der Waals surface area contributed by atoms with Crippen LogP contribution in [-0.2, 0) is 9.84 Å². The Hall–Kier alpha value is -3.04. The number of hydrogen-bond acceptors (Lipinski definition) is 7. The highest BCUT2D eigenvalue weighted by atomic mass is 32.2. The molecule has 8 nitrogen and oxygen atoms in total. The summed E-state index contributed by atoms with van der Waals surface area (Å²) in [6.45, 7) is 3.73. The third kappa shape index (κ3) is 3.63. The lowest BCUT2D eigenvalue weighted by atomic mass is 9.94. The highest BCUT2D eigenvalue weighted by Crippen LogP contribution is 2.31. The van der Waals surface area contributed by atoms with Crippen LogP contribution in [0.4, 0.5) is 5.82 Å². The van der Waals surface area contributed by atoms with Crippen LogP contribution >= 0.6 is 0 Å². The summed E-state index contributed by atoms with van der Waals surface area (Å²) >= 11 is 0. The zero-order chi connectivity index (χ0) is 23.1. The van der Waals surface area contributed by atoms with Crippen LogP contribution < -0.4 is 4.90 Å². The first-order valence-electron chi connectivity index (χ1n) is 12.1. The normalized spacial score (nSPS) is 18.6. The molecule has 1 saturated carbocycles. The van der Waals surface area contributed by atoms with Crippen molar-refractivity contribution in [2.24, 2.45) is 0 Å². The molecule has 2 aromatic carbocycles. The van der Waals surface area contributed by atoms with Gasteiger partial charge in [0.25, 0.3) is 0 Å². The highest BCUT2D eigenvalue weighted by Gasteiger charge is 2.30. The molecule has 4 aromatic rings. The Morgan fingerprint density at radius 3 is 2.29 bits per heavy atom. The summed E-state index contributed by atoms with van der Waals surface area (Å²) in [5.74, 6) is 0.804. The fraction of sp³-hybridized carbons (Fsp3) is 0.400. The van der Waals surface area contributed by atoms with Gasteiger partial charge in [-0.2, -0.15) is 4.52 Å². The molecule has 0 N–H and O–H groups in total. The van der Waals surface area contributed by atoms with E-state index in [1.54, 1.807) is 34.8 Å². The summed E-state index contributed by atoms with van der Waals surface area (Å²) in [5, 5.41) is 9.13. The molecule has 2 fully saturated rings. The second-order valence-corrected chi connectivity index (χ2v) is 11.1. The standard InChI is InChI=1S/C25H28N6O2S/c32-34(33,20-11-5-2-6-12-20)25-24-26-23(21-13-7-8-14-22(21)31(24)28-27-25)30-17-15-29(16-18-30)19-9-3-1-4-10-19/h2,5-8,11-14,19H,1,3-4,9-10,15-18H2. The Bertz CT molecular complexity index is 1420. The smallest absolute Gasteiger partial charge is 0.229 e. The number of nitrogens with zero attached hydrogens (tertiary/aromatic N) is 6. The van der Waals surface area contributed by atoms with E-state index in [4.69, 9.17) is 4.98 Å². The number of anilines is 1. The number of para-hydroxylation sites is 1. The van der Waals surface area contributed by atoms with Crippen molar-refractivity contribution >= 4 is 32.2 Å². The maximum atomic E-state index is 13.4. The summed E-state index contributed by atoms with van der Waals surface area (Å²) in [7, 11) is -3.85. The Morgan fingerprint density at radius 2 is 1.53 bits per heavy atom. The average Bonchev–Trinajstić information content (AvgIpc) is 3.35. The van der Waals surface area contributed by atoms with Crippen LogP contribution in [0, 0.1) is 0 Å². The van der Waals surface area contributed by atoms with Crippen LogP contribution in [0.3, 0.4) is 0 Å². The van der Waals surface area contributed by atoms with Crippen molar-refractivity contribution in [1.82, 2.24) is 24.7 Å². The summed E-state index contributed by atoms with van der Waals surface area (Å²) in [4.78, 5) is 9.98. The third-order valence-electron chi connectivity index (χ3n) is 7.21. The summed E-state index contributed by atoms with van der Waals surface area (Å²) in [5.41, 5.74) is 1.08. The van der Waals surface area contributed by atoms with Crippen molar-refractivity contribution in [3.8, 4) is 0 Å². The molecule has 1 aliphatic carbocycles. The van der Waals surface area contributed by atoms with E-state index in [9.17, 15) is 8.42 Å². The van der Waals surface area contributed by atoms with Gasteiger partial charge in [-0.05, 0) is 37.1 Å². The molecule has 0 bridgehead atoms. The zero-order valence-corrected chi connectivity index (χ0v) is 19.9. The van der Waals surface area contributed by atoms with Gasteiger partial charge < -0.3 is 4.90 Å². The second kappa shape index (κ2) is 8.63. The van der Waals surface area contributed by atoms with E-state index in [0.717, 1.165) is 42.9 Å². The SMILES string of the molecule is O=S(=O)(c1ccccc1)c1nnn2c1nc(N1CCN(C3CCCCC3)CC1)c1ccccc12. The molecule has 3 heterocycles. The maximum Gasteiger partial charge on any atom is 0.229 e. The van der Waals surface area contributed by atoms with Crippen LogP contribution in [0.15, 0.2) is 64.5 Å². The predicted octanol–water partition coefficient (Wildman–Crippen LogP) is 3.57. The van der Waals surface area contributed by atoms with Crippen LogP contribution in [0.5, 0.6) is 0 Å². The minimum atomic E-state index is -3.85. The molecule has 1 aliphatic heterocycles. The van der Waals surface area contributed by atoms with Gasteiger partial charge in [-0.15, -0.1) is 5.10 Å². The van der Waals surface area contributed by atoms with Gasteiger partial charge >= 0.3 is 0 Å². The van der Waals surface area contributed by atoms with Crippen molar-refractivity contribution in [2.45, 2.75) is 48.1 Å². The van der Waals surface area contributed by atoms with Gasteiger partial charge in [-0.1, -0.05) is 54.8 Å². The highest BCUT2D eigenvalue weighted by molar-refractivity contribution is 7.91. The monoisotopic (exact) mass is 476 g/mol. The minimum Gasteiger partial charge on any atom is -0.353 e. The van der Waals surface area contributed by atoms with Gasteiger partial charge in [-0.3, -0.25) is 4.90 Å². The molecule has 0 radical (unpaired) electrons. The molecule has 34 heavy (non-hydrogen) atoms. The molecule has 0 spiro atoms. The third-order valence-corrected chi connectivity index (χ3v) is 8.88. The number of aromatic nitrogens is 4. The van der Waals surface area contributed by atoms with E-state index in [-0.39, 0.29) is 15.6 Å². The number of benzene rings is 2. The molecule has 1 saturated heterocycles. The Labute approximate surface area is 199 Å². The largest absolute Gasteiger partial charge is 0.353 e. The van der Waals surface area contributed by atoms with Gasteiger partial charge in [0.2, 0.25) is 14.9 Å². The van der Waals surface area contributed by atoms with Crippen molar-refractivity contribution in [3.05, 3.63) is 54.6 Å². The van der Waals surface area contributed by atoms with Crippen LogP contribution in [-0.4, -0.2) is 65.4 Å².